The van der Waals surface area contributed by atoms with Crippen LogP contribution >= 0.6 is 0 Å². The van der Waals surface area contributed by atoms with E-state index in [0.717, 1.165) is 43.4 Å². The molecule has 2 amide bonds. The Kier molecular flexibility index (Phi) is 9.10. The third-order valence-corrected chi connectivity index (χ3v) is 6.61. The minimum absolute atomic E-state index is 0.0235. The molecule has 0 atom stereocenters. The summed E-state index contributed by atoms with van der Waals surface area (Å²) in [6.45, 7) is 7.70. The van der Waals surface area contributed by atoms with Crippen molar-refractivity contribution in [1.29, 1.82) is 0 Å². The zero-order valence-electron chi connectivity index (χ0n) is 20.3. The van der Waals surface area contributed by atoms with E-state index in [1.807, 2.05) is 23.2 Å². The molecule has 0 aliphatic heterocycles. The molecule has 0 spiro atoms. The fourth-order valence-electron chi connectivity index (χ4n) is 4.54. The van der Waals surface area contributed by atoms with Crippen LogP contribution < -0.4 is 0 Å². The summed E-state index contributed by atoms with van der Waals surface area (Å²) >= 11 is 0. The van der Waals surface area contributed by atoms with Crippen LogP contribution in [-0.2, 0) is 22.7 Å². The molecule has 0 N–H and O–H groups in total. The number of halogens is 1. The Labute approximate surface area is 197 Å². The van der Waals surface area contributed by atoms with E-state index in [4.69, 9.17) is 0 Å². The molecule has 1 aliphatic rings. The molecule has 0 unspecified atom stereocenters. The minimum Gasteiger partial charge on any atom is -0.345 e. The highest BCUT2D eigenvalue weighted by molar-refractivity contribution is 5.84. The second-order valence-electron chi connectivity index (χ2n) is 9.69. The Bertz CT molecular complexity index is 900. The molecule has 33 heavy (non-hydrogen) atoms. The first-order valence-electron chi connectivity index (χ1n) is 12.3. The van der Waals surface area contributed by atoms with E-state index in [1.165, 1.54) is 18.6 Å². The molecule has 180 valence electrons. The fraction of sp³-hybridized carbons (Fsp3) is 0.556. The number of hydrogen-bond acceptors (Lipinski definition) is 2. The molecule has 1 heterocycles. The number of carbonyl (C=O) groups is 2. The number of benzene rings is 1. The van der Waals surface area contributed by atoms with E-state index in [2.05, 4.69) is 18.4 Å². The van der Waals surface area contributed by atoms with Gasteiger partial charge < -0.3 is 14.4 Å². The van der Waals surface area contributed by atoms with Crippen molar-refractivity contribution in [2.24, 2.45) is 5.92 Å². The zero-order chi connectivity index (χ0) is 23.8. The lowest BCUT2D eigenvalue weighted by Crippen LogP contribution is -2.47. The number of hydrogen-bond donors (Lipinski definition) is 0. The van der Waals surface area contributed by atoms with Crippen LogP contribution in [0.5, 0.6) is 0 Å². The van der Waals surface area contributed by atoms with Crippen LogP contribution in [0, 0.1) is 11.7 Å². The van der Waals surface area contributed by atoms with Gasteiger partial charge in [0.15, 0.2) is 0 Å². The smallest absolute Gasteiger partial charge is 0.242 e. The molecule has 0 saturated heterocycles. The van der Waals surface area contributed by atoms with E-state index in [-0.39, 0.29) is 30.2 Å². The first kappa shape index (κ1) is 25.0. The average Bonchev–Trinajstić information content (AvgIpc) is 3.23. The lowest BCUT2D eigenvalue weighted by molar-refractivity contribution is -0.142. The number of aromatic nitrogens is 1. The SMILES string of the molecule is CC(=O)N(CCC(C)C)CC(=O)N(Cc1cccn1Cc1ccc(F)cc1)C1CCCCC1. The number of amides is 2. The first-order valence-corrected chi connectivity index (χ1v) is 12.3. The topological polar surface area (TPSA) is 45.6 Å². The van der Waals surface area contributed by atoms with Gasteiger partial charge in [-0.1, -0.05) is 45.2 Å². The van der Waals surface area contributed by atoms with Crippen LogP contribution in [0.4, 0.5) is 4.39 Å². The van der Waals surface area contributed by atoms with Gasteiger partial charge in [-0.2, -0.15) is 0 Å². The summed E-state index contributed by atoms with van der Waals surface area (Å²) in [6.07, 6.45) is 8.40. The molecule has 2 aromatic rings. The molecule has 1 fully saturated rings. The monoisotopic (exact) mass is 455 g/mol. The maximum atomic E-state index is 13.5. The van der Waals surface area contributed by atoms with Gasteiger partial charge in [0.25, 0.3) is 0 Å². The van der Waals surface area contributed by atoms with Crippen molar-refractivity contribution >= 4 is 11.8 Å². The van der Waals surface area contributed by atoms with Crippen LogP contribution in [0.15, 0.2) is 42.6 Å². The maximum absolute atomic E-state index is 13.5. The van der Waals surface area contributed by atoms with Crippen LogP contribution in [0.2, 0.25) is 0 Å². The molecule has 1 aliphatic carbocycles. The Morgan fingerprint density at radius 3 is 2.42 bits per heavy atom. The quantitative estimate of drug-likeness (QED) is 0.492. The standard InChI is InChI=1S/C27H38FN3O2/c1-21(2)15-17-29(22(3)32)20-27(33)31(25-8-5-4-6-9-25)19-26-10-7-16-30(26)18-23-11-13-24(28)14-12-23/h7,10-14,16,21,25H,4-6,8-9,15,17-20H2,1-3H3. The van der Waals surface area contributed by atoms with Crippen molar-refractivity contribution in [3.63, 3.8) is 0 Å². The van der Waals surface area contributed by atoms with Gasteiger partial charge >= 0.3 is 0 Å². The van der Waals surface area contributed by atoms with Gasteiger partial charge in [0.1, 0.15) is 5.82 Å². The van der Waals surface area contributed by atoms with Crippen molar-refractivity contribution in [1.82, 2.24) is 14.4 Å². The predicted octanol–water partition coefficient (Wildman–Crippen LogP) is 5.23. The van der Waals surface area contributed by atoms with E-state index >= 15 is 0 Å². The van der Waals surface area contributed by atoms with Crippen molar-refractivity contribution in [3.8, 4) is 0 Å². The molecule has 1 aromatic carbocycles. The van der Waals surface area contributed by atoms with E-state index in [1.54, 1.807) is 24.0 Å². The molecule has 5 nitrogen and oxygen atoms in total. The molecule has 1 saturated carbocycles. The first-order chi connectivity index (χ1) is 15.8. The van der Waals surface area contributed by atoms with Gasteiger partial charge in [0.05, 0.1) is 13.1 Å². The van der Waals surface area contributed by atoms with E-state index in [9.17, 15) is 14.0 Å². The number of carbonyl (C=O) groups excluding carboxylic acids is 2. The average molecular weight is 456 g/mol. The third kappa shape index (κ3) is 7.44. The molecule has 0 bridgehead atoms. The molecular weight excluding hydrogens is 417 g/mol. The molecule has 1 aromatic heterocycles. The predicted molar refractivity (Wildman–Crippen MR) is 129 cm³/mol. The highest BCUT2D eigenvalue weighted by Crippen LogP contribution is 2.25. The van der Waals surface area contributed by atoms with Gasteiger partial charge in [0, 0.05) is 37.9 Å². The van der Waals surface area contributed by atoms with Gasteiger partial charge in [-0.3, -0.25) is 9.59 Å². The second-order valence-corrected chi connectivity index (χ2v) is 9.69. The summed E-state index contributed by atoms with van der Waals surface area (Å²) in [5.41, 5.74) is 2.07. The Balaban J connectivity index is 1.76. The summed E-state index contributed by atoms with van der Waals surface area (Å²) in [7, 11) is 0. The minimum atomic E-state index is -0.243. The lowest BCUT2D eigenvalue weighted by atomic mass is 9.94. The Morgan fingerprint density at radius 1 is 1.09 bits per heavy atom. The van der Waals surface area contributed by atoms with Gasteiger partial charge in [0.2, 0.25) is 11.8 Å². The van der Waals surface area contributed by atoms with Crippen LogP contribution in [0.3, 0.4) is 0 Å². The highest BCUT2D eigenvalue weighted by Gasteiger charge is 2.28. The van der Waals surface area contributed by atoms with Gasteiger partial charge in [-0.25, -0.2) is 4.39 Å². The fourth-order valence-corrected chi connectivity index (χ4v) is 4.54. The summed E-state index contributed by atoms with van der Waals surface area (Å²) in [6, 6.07) is 10.8. The van der Waals surface area contributed by atoms with Crippen LogP contribution in [-0.4, -0.2) is 45.3 Å². The summed E-state index contributed by atoms with van der Waals surface area (Å²) < 4.78 is 15.4. The number of nitrogens with zero attached hydrogens (tertiary/aromatic N) is 3. The van der Waals surface area contributed by atoms with Crippen molar-refractivity contribution in [3.05, 3.63) is 59.7 Å². The van der Waals surface area contributed by atoms with Crippen LogP contribution in [0.25, 0.3) is 0 Å². The third-order valence-electron chi connectivity index (χ3n) is 6.61. The molecule has 6 heteroatoms. The normalized spacial score (nSPS) is 14.5. The second kappa shape index (κ2) is 12.0. The van der Waals surface area contributed by atoms with Crippen molar-refractivity contribution in [2.45, 2.75) is 78.4 Å². The number of rotatable bonds is 10. The Hall–Kier alpha value is -2.63. The summed E-state index contributed by atoms with van der Waals surface area (Å²) in [5, 5.41) is 0. The summed E-state index contributed by atoms with van der Waals surface area (Å²) in [5.74, 6) is 0.210. The van der Waals surface area contributed by atoms with E-state index in [0.29, 0.717) is 25.6 Å². The van der Waals surface area contributed by atoms with E-state index < -0.39 is 0 Å². The van der Waals surface area contributed by atoms with Crippen molar-refractivity contribution < 1.29 is 14.0 Å². The highest BCUT2D eigenvalue weighted by atomic mass is 19.1. The van der Waals surface area contributed by atoms with Crippen molar-refractivity contribution in [2.75, 3.05) is 13.1 Å². The maximum Gasteiger partial charge on any atom is 0.242 e. The molecule has 0 radical (unpaired) electrons. The zero-order valence-corrected chi connectivity index (χ0v) is 20.3. The van der Waals surface area contributed by atoms with Gasteiger partial charge in [-0.05, 0) is 55.0 Å². The lowest BCUT2D eigenvalue weighted by Gasteiger charge is -2.36. The summed E-state index contributed by atoms with van der Waals surface area (Å²) in [4.78, 5) is 29.4. The van der Waals surface area contributed by atoms with Gasteiger partial charge in [-0.15, -0.1) is 0 Å². The largest absolute Gasteiger partial charge is 0.345 e. The Morgan fingerprint density at radius 2 is 1.79 bits per heavy atom. The molecular formula is C27H38FN3O2. The molecule has 3 rings (SSSR count). The van der Waals surface area contributed by atoms with Crippen LogP contribution in [0.1, 0.15) is 70.6 Å².